The molecule has 1 amide bonds. The van der Waals surface area contributed by atoms with Gasteiger partial charge >= 0.3 is 0 Å². The van der Waals surface area contributed by atoms with Crippen molar-refractivity contribution in [1.29, 1.82) is 0 Å². The van der Waals surface area contributed by atoms with Gasteiger partial charge in [-0.25, -0.2) is 0 Å². The zero-order valence-electron chi connectivity index (χ0n) is 11.6. The fourth-order valence-electron chi connectivity index (χ4n) is 2.26. The number of carbonyl (C=O) groups is 1. The van der Waals surface area contributed by atoms with Crippen LogP contribution < -0.4 is 5.32 Å². The topological polar surface area (TPSA) is 42.0 Å². The second-order valence-electron chi connectivity index (χ2n) is 4.91. The molecule has 0 radical (unpaired) electrons. The number of amides is 1. The summed E-state index contributed by atoms with van der Waals surface area (Å²) >= 11 is 0. The standard InChI is InChI=1S/C18H16N2O/c21-18(19-11-10-14-6-2-1-3-7-14)16-12-15-8-4-5-9-17(15)20-13-16/h1-9,12-13H,10-11H2,(H,19,21). The molecule has 3 rings (SSSR count). The summed E-state index contributed by atoms with van der Waals surface area (Å²) < 4.78 is 0. The van der Waals surface area contributed by atoms with Crippen LogP contribution in [-0.2, 0) is 6.42 Å². The normalized spacial score (nSPS) is 10.5. The first-order valence-corrected chi connectivity index (χ1v) is 7.00. The van der Waals surface area contributed by atoms with Crippen molar-refractivity contribution in [2.75, 3.05) is 6.54 Å². The minimum Gasteiger partial charge on any atom is -0.352 e. The molecule has 0 saturated heterocycles. The van der Waals surface area contributed by atoms with Crippen molar-refractivity contribution in [3.63, 3.8) is 0 Å². The quantitative estimate of drug-likeness (QED) is 0.795. The van der Waals surface area contributed by atoms with Crippen molar-refractivity contribution >= 4 is 16.8 Å². The highest BCUT2D eigenvalue weighted by molar-refractivity contribution is 5.97. The van der Waals surface area contributed by atoms with Crippen molar-refractivity contribution in [3.05, 3.63) is 78.0 Å². The first kappa shape index (κ1) is 13.3. The van der Waals surface area contributed by atoms with Crippen LogP contribution in [0.25, 0.3) is 10.9 Å². The lowest BCUT2D eigenvalue weighted by atomic mass is 10.1. The maximum Gasteiger partial charge on any atom is 0.252 e. The van der Waals surface area contributed by atoms with Gasteiger partial charge in [0.05, 0.1) is 11.1 Å². The smallest absolute Gasteiger partial charge is 0.252 e. The van der Waals surface area contributed by atoms with Crippen LogP contribution in [0.3, 0.4) is 0 Å². The number of pyridine rings is 1. The Labute approximate surface area is 123 Å². The first-order chi connectivity index (χ1) is 10.3. The van der Waals surface area contributed by atoms with Crippen molar-refractivity contribution < 1.29 is 4.79 Å². The van der Waals surface area contributed by atoms with E-state index in [1.165, 1.54) is 5.56 Å². The molecule has 0 aliphatic rings. The van der Waals surface area contributed by atoms with Gasteiger partial charge in [-0.3, -0.25) is 9.78 Å². The lowest BCUT2D eigenvalue weighted by molar-refractivity contribution is 0.0954. The molecule has 1 aromatic heterocycles. The third kappa shape index (κ3) is 3.26. The molecule has 0 aliphatic carbocycles. The van der Waals surface area contributed by atoms with E-state index < -0.39 is 0 Å². The third-order valence-corrected chi connectivity index (χ3v) is 3.39. The highest BCUT2D eigenvalue weighted by Crippen LogP contribution is 2.12. The summed E-state index contributed by atoms with van der Waals surface area (Å²) in [5, 5.41) is 3.91. The van der Waals surface area contributed by atoms with Gasteiger partial charge in [-0.15, -0.1) is 0 Å². The SMILES string of the molecule is O=C(NCCc1ccccc1)c1cnc2ccccc2c1. The van der Waals surface area contributed by atoms with Gasteiger partial charge in [-0.2, -0.15) is 0 Å². The predicted molar refractivity (Wildman–Crippen MR) is 84.2 cm³/mol. The van der Waals surface area contributed by atoms with E-state index in [1.54, 1.807) is 6.20 Å². The molecular formula is C18H16N2O. The highest BCUT2D eigenvalue weighted by atomic mass is 16.1. The van der Waals surface area contributed by atoms with Crippen molar-refractivity contribution in [3.8, 4) is 0 Å². The van der Waals surface area contributed by atoms with Gasteiger partial charge in [0.1, 0.15) is 0 Å². The van der Waals surface area contributed by atoms with Gasteiger partial charge in [-0.1, -0.05) is 48.5 Å². The molecule has 0 bridgehead atoms. The Bertz CT molecular complexity index is 753. The zero-order chi connectivity index (χ0) is 14.5. The minimum atomic E-state index is -0.0795. The molecule has 3 heteroatoms. The summed E-state index contributed by atoms with van der Waals surface area (Å²) in [6.07, 6.45) is 2.45. The van der Waals surface area contributed by atoms with E-state index in [2.05, 4.69) is 22.4 Å². The monoisotopic (exact) mass is 276 g/mol. The second-order valence-corrected chi connectivity index (χ2v) is 4.91. The average Bonchev–Trinajstić information content (AvgIpc) is 2.55. The lowest BCUT2D eigenvalue weighted by Gasteiger charge is -2.06. The number of nitrogens with zero attached hydrogens (tertiary/aromatic N) is 1. The van der Waals surface area contributed by atoms with Crippen molar-refractivity contribution in [1.82, 2.24) is 10.3 Å². The number of nitrogens with one attached hydrogen (secondary N) is 1. The van der Waals surface area contributed by atoms with Crippen LogP contribution in [-0.4, -0.2) is 17.4 Å². The summed E-state index contributed by atoms with van der Waals surface area (Å²) in [5.41, 5.74) is 2.72. The molecular weight excluding hydrogens is 260 g/mol. The summed E-state index contributed by atoms with van der Waals surface area (Å²) in [6.45, 7) is 0.621. The van der Waals surface area contributed by atoms with E-state index in [-0.39, 0.29) is 5.91 Å². The Morgan fingerprint density at radius 2 is 1.76 bits per heavy atom. The van der Waals surface area contributed by atoms with Crippen LogP contribution in [0.1, 0.15) is 15.9 Å². The van der Waals surface area contributed by atoms with Crippen molar-refractivity contribution in [2.24, 2.45) is 0 Å². The summed E-state index contributed by atoms with van der Waals surface area (Å²) in [4.78, 5) is 16.4. The van der Waals surface area contributed by atoms with E-state index in [0.29, 0.717) is 12.1 Å². The van der Waals surface area contributed by atoms with Crippen molar-refractivity contribution in [2.45, 2.75) is 6.42 Å². The molecule has 0 aliphatic heterocycles. The fourth-order valence-corrected chi connectivity index (χ4v) is 2.26. The van der Waals surface area contributed by atoms with Gasteiger partial charge < -0.3 is 5.32 Å². The molecule has 3 nitrogen and oxygen atoms in total. The van der Waals surface area contributed by atoms with E-state index >= 15 is 0 Å². The van der Waals surface area contributed by atoms with Crippen LogP contribution in [0, 0.1) is 0 Å². The van der Waals surface area contributed by atoms with E-state index in [1.807, 2.05) is 48.5 Å². The summed E-state index contributed by atoms with van der Waals surface area (Å²) in [5.74, 6) is -0.0795. The van der Waals surface area contributed by atoms with Crippen LogP contribution in [0.5, 0.6) is 0 Å². The summed E-state index contributed by atoms with van der Waals surface area (Å²) in [6, 6.07) is 19.8. The maximum absolute atomic E-state index is 12.1. The number of rotatable bonds is 4. The number of para-hydroxylation sites is 1. The summed E-state index contributed by atoms with van der Waals surface area (Å²) in [7, 11) is 0. The average molecular weight is 276 g/mol. The van der Waals surface area contributed by atoms with Gasteiger partial charge in [0, 0.05) is 18.1 Å². The van der Waals surface area contributed by atoms with E-state index in [4.69, 9.17) is 0 Å². The first-order valence-electron chi connectivity index (χ1n) is 7.00. The minimum absolute atomic E-state index is 0.0795. The van der Waals surface area contributed by atoms with Gasteiger partial charge in [0.25, 0.3) is 5.91 Å². The molecule has 0 atom stereocenters. The molecule has 2 aromatic carbocycles. The number of hydrogen-bond acceptors (Lipinski definition) is 2. The van der Waals surface area contributed by atoms with Gasteiger partial charge in [-0.05, 0) is 24.1 Å². The van der Waals surface area contributed by atoms with E-state index in [9.17, 15) is 4.79 Å². The fraction of sp³-hybridized carbons (Fsp3) is 0.111. The number of carbonyl (C=O) groups excluding carboxylic acids is 1. The zero-order valence-corrected chi connectivity index (χ0v) is 11.6. The molecule has 0 saturated carbocycles. The Kier molecular flexibility index (Phi) is 3.92. The van der Waals surface area contributed by atoms with Crippen LogP contribution in [0.4, 0.5) is 0 Å². The number of aromatic nitrogens is 1. The largest absolute Gasteiger partial charge is 0.352 e. The number of benzene rings is 2. The molecule has 1 heterocycles. The molecule has 0 unspecified atom stereocenters. The Balaban J connectivity index is 1.64. The second kappa shape index (κ2) is 6.18. The molecule has 21 heavy (non-hydrogen) atoms. The molecule has 1 N–H and O–H groups in total. The van der Waals surface area contributed by atoms with E-state index in [0.717, 1.165) is 17.3 Å². The highest BCUT2D eigenvalue weighted by Gasteiger charge is 2.06. The molecule has 104 valence electrons. The predicted octanol–water partition coefficient (Wildman–Crippen LogP) is 3.21. The Morgan fingerprint density at radius 3 is 2.62 bits per heavy atom. The van der Waals surface area contributed by atoms with Gasteiger partial charge in [0.15, 0.2) is 0 Å². The number of hydrogen-bond donors (Lipinski definition) is 1. The third-order valence-electron chi connectivity index (χ3n) is 3.39. The maximum atomic E-state index is 12.1. The molecule has 0 fully saturated rings. The van der Waals surface area contributed by atoms with Crippen LogP contribution in [0.2, 0.25) is 0 Å². The Hall–Kier alpha value is -2.68. The molecule has 0 spiro atoms. The lowest BCUT2D eigenvalue weighted by Crippen LogP contribution is -2.25. The Morgan fingerprint density at radius 1 is 1.00 bits per heavy atom. The number of fused-ring (bicyclic) bond motifs is 1. The van der Waals surface area contributed by atoms with Gasteiger partial charge in [0.2, 0.25) is 0 Å². The molecule has 3 aromatic rings. The van der Waals surface area contributed by atoms with Crippen LogP contribution in [0.15, 0.2) is 66.9 Å². The van der Waals surface area contributed by atoms with Crippen LogP contribution >= 0.6 is 0 Å².